The normalized spacial score (nSPS) is 21.5. The maximum Gasteiger partial charge on any atom is 0.256 e. The third kappa shape index (κ3) is 3.24. The molecule has 0 aromatic carbocycles. The number of fused-ring (bicyclic) bond motifs is 2. The van der Waals surface area contributed by atoms with Crippen molar-refractivity contribution in [3.8, 4) is 11.3 Å². The van der Waals surface area contributed by atoms with Gasteiger partial charge in [-0.25, -0.2) is 28.7 Å². The van der Waals surface area contributed by atoms with E-state index in [0.29, 0.717) is 47.2 Å². The SMILES string of the molecule is Cc1nc2ncc(-c3c[nH]c4nc(N[C@H]5C[C@](C)(O)C5)ncc34)nc2n1CC(F)F. The zero-order chi connectivity index (χ0) is 21.0. The van der Waals surface area contributed by atoms with Crippen LogP contribution in [0.2, 0.25) is 0 Å². The minimum absolute atomic E-state index is 0.138. The molecule has 11 heteroatoms. The summed E-state index contributed by atoms with van der Waals surface area (Å²) in [7, 11) is 0. The van der Waals surface area contributed by atoms with Gasteiger partial charge in [0.2, 0.25) is 5.95 Å². The molecule has 5 rings (SSSR count). The number of anilines is 1. The number of hydrogen-bond donors (Lipinski definition) is 3. The maximum atomic E-state index is 13.0. The predicted octanol–water partition coefficient (Wildman–Crippen LogP) is 2.66. The standard InChI is InChI=1S/C19H20F2N8O/c1-9-25-16-17(29(9)8-14(20)21)27-13(7-23-16)11-5-22-15-12(11)6-24-18(28-15)26-10-3-19(2,30)4-10/h5-7,10,14,30H,3-4,8H2,1-2H3,(H2,22,24,26,28)/t10-,19-. The highest BCUT2D eigenvalue weighted by atomic mass is 19.3. The van der Waals surface area contributed by atoms with Crippen LogP contribution in [0.3, 0.4) is 0 Å². The van der Waals surface area contributed by atoms with Gasteiger partial charge in [0, 0.05) is 29.4 Å². The summed E-state index contributed by atoms with van der Waals surface area (Å²) in [6.07, 6.45) is 3.76. The van der Waals surface area contributed by atoms with Crippen molar-refractivity contribution in [3.05, 3.63) is 24.4 Å². The van der Waals surface area contributed by atoms with E-state index in [4.69, 9.17) is 0 Å². The molecule has 0 bridgehead atoms. The lowest BCUT2D eigenvalue weighted by molar-refractivity contribution is -0.0235. The maximum absolute atomic E-state index is 13.0. The molecule has 1 aliphatic rings. The summed E-state index contributed by atoms with van der Waals surface area (Å²) < 4.78 is 27.3. The summed E-state index contributed by atoms with van der Waals surface area (Å²) in [6, 6.07) is 0.138. The number of halogens is 2. The lowest BCUT2D eigenvalue weighted by Gasteiger charge is -2.41. The van der Waals surface area contributed by atoms with Crippen LogP contribution >= 0.6 is 0 Å². The average molecular weight is 414 g/mol. The zero-order valence-corrected chi connectivity index (χ0v) is 16.4. The molecular weight excluding hydrogens is 394 g/mol. The van der Waals surface area contributed by atoms with E-state index in [1.165, 1.54) is 4.57 Å². The van der Waals surface area contributed by atoms with Gasteiger partial charge in [0.15, 0.2) is 11.3 Å². The van der Waals surface area contributed by atoms with Crippen molar-refractivity contribution in [1.29, 1.82) is 0 Å². The fraction of sp³-hybridized carbons (Fsp3) is 0.421. The first kappa shape index (κ1) is 18.8. The van der Waals surface area contributed by atoms with Gasteiger partial charge in [0.1, 0.15) is 11.5 Å². The number of aryl methyl sites for hydroxylation is 1. The molecule has 0 saturated heterocycles. The van der Waals surface area contributed by atoms with Crippen LogP contribution in [0.5, 0.6) is 0 Å². The third-order valence-electron chi connectivity index (χ3n) is 5.38. The van der Waals surface area contributed by atoms with Gasteiger partial charge in [0.25, 0.3) is 6.43 Å². The Labute approximate surface area is 169 Å². The van der Waals surface area contributed by atoms with E-state index >= 15 is 0 Å². The Kier molecular flexibility index (Phi) is 4.17. The number of aliphatic hydroxyl groups is 1. The summed E-state index contributed by atoms with van der Waals surface area (Å²) in [4.78, 5) is 25.0. The first-order valence-corrected chi connectivity index (χ1v) is 9.60. The molecule has 0 amide bonds. The smallest absolute Gasteiger partial charge is 0.256 e. The Morgan fingerprint density at radius 3 is 2.80 bits per heavy atom. The minimum Gasteiger partial charge on any atom is -0.390 e. The largest absolute Gasteiger partial charge is 0.390 e. The topological polar surface area (TPSA) is 117 Å². The first-order chi connectivity index (χ1) is 14.3. The number of nitrogens with one attached hydrogen (secondary N) is 2. The van der Waals surface area contributed by atoms with Crippen LogP contribution in [0.1, 0.15) is 25.6 Å². The summed E-state index contributed by atoms with van der Waals surface area (Å²) in [6.45, 7) is 2.97. The van der Waals surface area contributed by atoms with Crippen molar-refractivity contribution in [2.75, 3.05) is 5.32 Å². The van der Waals surface area contributed by atoms with Crippen LogP contribution in [0, 0.1) is 6.92 Å². The molecule has 30 heavy (non-hydrogen) atoms. The molecule has 1 aliphatic carbocycles. The van der Waals surface area contributed by atoms with Crippen molar-refractivity contribution in [1.82, 2.24) is 34.5 Å². The van der Waals surface area contributed by atoms with Gasteiger partial charge in [-0.05, 0) is 26.7 Å². The molecule has 3 N–H and O–H groups in total. The number of rotatable bonds is 5. The second-order valence-electron chi connectivity index (χ2n) is 7.97. The Balaban J connectivity index is 1.48. The molecule has 4 aromatic heterocycles. The van der Waals surface area contributed by atoms with E-state index in [-0.39, 0.29) is 6.04 Å². The van der Waals surface area contributed by atoms with Crippen molar-refractivity contribution in [2.45, 2.75) is 51.3 Å². The van der Waals surface area contributed by atoms with Crippen LogP contribution in [-0.4, -0.2) is 57.6 Å². The van der Waals surface area contributed by atoms with Crippen LogP contribution < -0.4 is 5.32 Å². The molecule has 4 heterocycles. The molecule has 1 fully saturated rings. The number of alkyl halides is 2. The molecule has 0 atom stereocenters. The zero-order valence-electron chi connectivity index (χ0n) is 16.4. The Morgan fingerprint density at radius 1 is 1.27 bits per heavy atom. The van der Waals surface area contributed by atoms with E-state index in [1.54, 1.807) is 32.4 Å². The van der Waals surface area contributed by atoms with Gasteiger partial charge in [-0.1, -0.05) is 0 Å². The Morgan fingerprint density at radius 2 is 2.07 bits per heavy atom. The van der Waals surface area contributed by atoms with E-state index in [0.717, 1.165) is 10.9 Å². The highest BCUT2D eigenvalue weighted by Crippen LogP contribution is 2.33. The lowest BCUT2D eigenvalue weighted by atomic mass is 9.77. The molecule has 0 radical (unpaired) electrons. The predicted molar refractivity (Wildman–Crippen MR) is 106 cm³/mol. The van der Waals surface area contributed by atoms with Gasteiger partial charge < -0.3 is 20.0 Å². The molecule has 0 aliphatic heterocycles. The molecular formula is C19H20F2N8O. The van der Waals surface area contributed by atoms with Crippen molar-refractivity contribution in [2.24, 2.45) is 0 Å². The molecule has 9 nitrogen and oxygen atoms in total. The summed E-state index contributed by atoms with van der Waals surface area (Å²) in [5.41, 5.74) is 1.87. The summed E-state index contributed by atoms with van der Waals surface area (Å²) >= 11 is 0. The van der Waals surface area contributed by atoms with Gasteiger partial charge in [-0.15, -0.1) is 0 Å². The number of nitrogens with zero attached hydrogens (tertiary/aromatic N) is 6. The monoisotopic (exact) mass is 414 g/mol. The van der Waals surface area contributed by atoms with Gasteiger partial charge in [-0.2, -0.15) is 4.98 Å². The summed E-state index contributed by atoms with van der Waals surface area (Å²) in [5, 5.41) is 13.8. The van der Waals surface area contributed by atoms with Gasteiger partial charge >= 0.3 is 0 Å². The third-order valence-corrected chi connectivity index (χ3v) is 5.38. The van der Waals surface area contributed by atoms with Crippen molar-refractivity contribution < 1.29 is 13.9 Å². The summed E-state index contributed by atoms with van der Waals surface area (Å²) in [5.74, 6) is 0.916. The molecule has 4 aromatic rings. The van der Waals surface area contributed by atoms with E-state index < -0.39 is 18.6 Å². The number of hydrogen-bond acceptors (Lipinski definition) is 7. The van der Waals surface area contributed by atoms with Crippen molar-refractivity contribution >= 4 is 28.3 Å². The Hall–Kier alpha value is -3.21. The molecule has 0 unspecified atom stereocenters. The van der Waals surface area contributed by atoms with Crippen LogP contribution in [0.25, 0.3) is 33.6 Å². The van der Waals surface area contributed by atoms with Crippen LogP contribution in [0.4, 0.5) is 14.7 Å². The fourth-order valence-corrected chi connectivity index (χ4v) is 3.96. The van der Waals surface area contributed by atoms with E-state index in [2.05, 4.69) is 35.2 Å². The highest BCUT2D eigenvalue weighted by Gasteiger charge is 2.38. The average Bonchev–Trinajstić information content (AvgIpc) is 3.20. The number of imidazole rings is 1. The number of aromatic amines is 1. The molecule has 156 valence electrons. The van der Waals surface area contributed by atoms with E-state index in [1.807, 2.05) is 0 Å². The molecule has 1 saturated carbocycles. The molecule has 0 spiro atoms. The van der Waals surface area contributed by atoms with Gasteiger partial charge in [0.05, 0.1) is 24.0 Å². The Bertz CT molecular complexity index is 1240. The fourth-order valence-electron chi connectivity index (χ4n) is 3.96. The van der Waals surface area contributed by atoms with Crippen molar-refractivity contribution in [3.63, 3.8) is 0 Å². The lowest BCUT2D eigenvalue weighted by Crippen LogP contribution is -2.48. The van der Waals surface area contributed by atoms with E-state index in [9.17, 15) is 13.9 Å². The first-order valence-electron chi connectivity index (χ1n) is 9.60. The van der Waals surface area contributed by atoms with Crippen LogP contribution in [0.15, 0.2) is 18.6 Å². The minimum atomic E-state index is -2.52. The quantitative estimate of drug-likeness (QED) is 0.460. The second kappa shape index (κ2) is 6.66. The number of H-pyrrole nitrogens is 1. The highest BCUT2D eigenvalue weighted by molar-refractivity contribution is 5.93. The van der Waals surface area contributed by atoms with Crippen LogP contribution in [-0.2, 0) is 6.54 Å². The number of aromatic nitrogens is 7. The second-order valence-corrected chi connectivity index (χ2v) is 7.97. The van der Waals surface area contributed by atoms with Gasteiger partial charge in [-0.3, -0.25) is 0 Å².